The minimum absolute atomic E-state index is 0.103. The van der Waals surface area contributed by atoms with Crippen molar-refractivity contribution in [3.8, 4) is 22.6 Å². The van der Waals surface area contributed by atoms with Crippen LogP contribution in [0.1, 0.15) is 16.9 Å². The number of non-ortho nitro benzene ring substituents is 1. The molecule has 0 saturated carbocycles. The smallest absolute Gasteiger partial charge is 0.269 e. The Morgan fingerprint density at radius 1 is 1.03 bits per heavy atom. The Morgan fingerprint density at radius 2 is 1.76 bits per heavy atom. The first-order valence-corrected chi connectivity index (χ1v) is 11.9. The average Bonchev–Trinajstić information content (AvgIpc) is 3.51. The number of hydrogen-bond donors (Lipinski definition) is 2. The van der Waals surface area contributed by atoms with E-state index in [0.29, 0.717) is 5.82 Å². The van der Waals surface area contributed by atoms with Gasteiger partial charge in [0.2, 0.25) is 0 Å². The molecule has 0 spiro atoms. The van der Waals surface area contributed by atoms with Crippen LogP contribution in [0.15, 0.2) is 72.9 Å². The van der Waals surface area contributed by atoms with E-state index in [1.807, 2.05) is 18.3 Å². The van der Waals surface area contributed by atoms with Crippen molar-refractivity contribution in [2.24, 2.45) is 0 Å². The van der Waals surface area contributed by atoms with Gasteiger partial charge < -0.3 is 10.3 Å². The molecule has 0 aliphatic rings. The molecule has 0 bridgehead atoms. The number of thiophene rings is 1. The van der Waals surface area contributed by atoms with Crippen LogP contribution in [0, 0.1) is 17.0 Å². The summed E-state index contributed by atoms with van der Waals surface area (Å²) in [6.07, 6.45) is 3.78. The lowest BCUT2D eigenvalue weighted by atomic mass is 10.0. The first kappa shape index (κ1) is 21.8. The number of aryl methyl sites for hydroxylation is 2. The first-order valence-electron chi connectivity index (χ1n) is 11.1. The van der Waals surface area contributed by atoms with Gasteiger partial charge in [-0.25, -0.2) is 9.97 Å². The van der Waals surface area contributed by atoms with Crippen molar-refractivity contribution in [1.29, 1.82) is 0 Å². The van der Waals surface area contributed by atoms with E-state index in [1.165, 1.54) is 22.6 Å². The summed E-state index contributed by atoms with van der Waals surface area (Å²) in [6, 6.07) is 21.1. The molecule has 0 radical (unpaired) electrons. The second-order valence-electron chi connectivity index (χ2n) is 8.09. The van der Waals surface area contributed by atoms with Gasteiger partial charge in [0.05, 0.1) is 16.0 Å². The number of nitro benzene ring substituents is 1. The highest BCUT2D eigenvalue weighted by atomic mass is 32.1. The predicted octanol–water partition coefficient (Wildman–Crippen LogP) is 6.61. The summed E-state index contributed by atoms with van der Waals surface area (Å²) in [7, 11) is 0. The largest absolute Gasteiger partial charge is 0.369 e. The van der Waals surface area contributed by atoms with Crippen molar-refractivity contribution in [2.75, 3.05) is 11.9 Å². The number of anilines is 1. The highest BCUT2D eigenvalue weighted by molar-refractivity contribution is 7.18. The maximum absolute atomic E-state index is 10.8. The van der Waals surface area contributed by atoms with E-state index in [1.54, 1.807) is 23.5 Å². The molecule has 2 aromatic carbocycles. The fraction of sp³-hybridized carbons (Fsp3) is 0.154. The van der Waals surface area contributed by atoms with E-state index in [0.717, 1.165) is 52.2 Å². The third-order valence-corrected chi connectivity index (χ3v) is 6.60. The van der Waals surface area contributed by atoms with Crippen LogP contribution in [-0.4, -0.2) is 26.4 Å². The number of H-pyrrole nitrogens is 1. The summed E-state index contributed by atoms with van der Waals surface area (Å²) in [4.78, 5) is 25.3. The number of aromatic nitrogens is 3. The monoisotopic (exact) mass is 469 g/mol. The Kier molecular flexibility index (Phi) is 6.05. The molecule has 2 N–H and O–H groups in total. The summed E-state index contributed by atoms with van der Waals surface area (Å²) in [5.41, 5.74) is 4.27. The van der Waals surface area contributed by atoms with E-state index >= 15 is 0 Å². The summed E-state index contributed by atoms with van der Waals surface area (Å²) < 4.78 is 0. The molecular formula is C26H23N5O2S. The lowest BCUT2D eigenvalue weighted by Crippen LogP contribution is -2.06. The Balaban J connectivity index is 1.22. The standard InChI is InChI=1S/C26H23N5O2S/c1-17-16-22-24(29-25(30-26(22)34-17)23-5-3-14-27-23)28-15-2-4-18-6-8-19(9-7-18)20-10-12-21(13-11-20)31(32)33/h3,5-14,16,27H,2,4,15H2,1H3,(H,28,29,30). The van der Waals surface area contributed by atoms with Gasteiger partial charge in [-0.1, -0.05) is 24.3 Å². The number of nitrogens with zero attached hydrogens (tertiary/aromatic N) is 3. The quantitative estimate of drug-likeness (QED) is 0.151. The van der Waals surface area contributed by atoms with Crippen molar-refractivity contribution in [1.82, 2.24) is 15.0 Å². The number of aromatic amines is 1. The molecule has 0 aliphatic carbocycles. The number of rotatable bonds is 8. The zero-order valence-corrected chi connectivity index (χ0v) is 19.4. The number of benzene rings is 2. The van der Waals surface area contributed by atoms with E-state index in [4.69, 9.17) is 9.97 Å². The van der Waals surface area contributed by atoms with Crippen LogP contribution in [0.2, 0.25) is 0 Å². The third-order valence-electron chi connectivity index (χ3n) is 5.65. The number of hydrogen-bond acceptors (Lipinski definition) is 6. The normalized spacial score (nSPS) is 11.1. The maximum Gasteiger partial charge on any atom is 0.269 e. The fourth-order valence-electron chi connectivity index (χ4n) is 3.91. The van der Waals surface area contributed by atoms with Gasteiger partial charge >= 0.3 is 0 Å². The van der Waals surface area contributed by atoms with Crippen LogP contribution < -0.4 is 5.32 Å². The van der Waals surface area contributed by atoms with Gasteiger partial charge in [-0.2, -0.15) is 0 Å². The fourth-order valence-corrected chi connectivity index (χ4v) is 4.78. The second-order valence-corrected chi connectivity index (χ2v) is 9.32. The van der Waals surface area contributed by atoms with Gasteiger partial charge in [0.25, 0.3) is 5.69 Å². The number of nitro groups is 1. The van der Waals surface area contributed by atoms with Gasteiger partial charge in [-0.3, -0.25) is 10.1 Å². The van der Waals surface area contributed by atoms with Gasteiger partial charge in [0.15, 0.2) is 5.82 Å². The molecule has 3 aromatic heterocycles. The van der Waals surface area contributed by atoms with E-state index in [-0.39, 0.29) is 10.6 Å². The molecule has 0 unspecified atom stereocenters. The van der Waals surface area contributed by atoms with E-state index in [9.17, 15) is 10.1 Å². The lowest BCUT2D eigenvalue weighted by Gasteiger charge is -2.09. The topological polar surface area (TPSA) is 96.7 Å². The van der Waals surface area contributed by atoms with Crippen molar-refractivity contribution < 1.29 is 4.92 Å². The zero-order valence-electron chi connectivity index (χ0n) is 18.6. The van der Waals surface area contributed by atoms with Gasteiger partial charge in [0, 0.05) is 29.8 Å². The van der Waals surface area contributed by atoms with Crippen molar-refractivity contribution in [2.45, 2.75) is 19.8 Å². The molecule has 5 rings (SSSR count). The predicted molar refractivity (Wildman–Crippen MR) is 137 cm³/mol. The Labute approximate surface area is 200 Å². The molecule has 0 fully saturated rings. The zero-order chi connectivity index (χ0) is 23.5. The molecule has 7 nitrogen and oxygen atoms in total. The van der Waals surface area contributed by atoms with E-state index < -0.39 is 0 Å². The minimum atomic E-state index is -0.381. The molecular weight excluding hydrogens is 446 g/mol. The highest BCUT2D eigenvalue weighted by Crippen LogP contribution is 2.30. The Morgan fingerprint density at radius 3 is 2.44 bits per heavy atom. The molecule has 0 atom stereocenters. The molecule has 0 aliphatic heterocycles. The third kappa shape index (κ3) is 4.67. The van der Waals surface area contributed by atoms with Gasteiger partial charge in [0.1, 0.15) is 10.6 Å². The first-order chi connectivity index (χ1) is 16.6. The molecule has 3 heterocycles. The van der Waals surface area contributed by atoms with Crippen molar-refractivity contribution in [3.63, 3.8) is 0 Å². The highest BCUT2D eigenvalue weighted by Gasteiger charge is 2.12. The SMILES string of the molecule is Cc1cc2c(NCCCc3ccc(-c4ccc([N+](=O)[O-])cc4)cc3)nc(-c3ccc[nH]3)nc2s1. The Hall–Kier alpha value is -4.04. The van der Waals surface area contributed by atoms with Gasteiger partial charge in [-0.05, 0) is 66.8 Å². The summed E-state index contributed by atoms with van der Waals surface area (Å²) in [6.45, 7) is 2.89. The van der Waals surface area contributed by atoms with Gasteiger partial charge in [-0.15, -0.1) is 11.3 Å². The van der Waals surface area contributed by atoms with Crippen LogP contribution in [0.3, 0.4) is 0 Å². The second kappa shape index (κ2) is 9.44. The molecule has 0 amide bonds. The Bertz CT molecular complexity index is 1430. The van der Waals surface area contributed by atoms with E-state index in [2.05, 4.69) is 47.6 Å². The minimum Gasteiger partial charge on any atom is -0.369 e. The average molecular weight is 470 g/mol. The van der Waals surface area contributed by atoms with Crippen LogP contribution >= 0.6 is 11.3 Å². The molecule has 5 aromatic rings. The van der Waals surface area contributed by atoms with Crippen LogP contribution in [0.25, 0.3) is 32.9 Å². The van der Waals surface area contributed by atoms with Crippen LogP contribution in [0.4, 0.5) is 11.5 Å². The maximum atomic E-state index is 10.8. The molecule has 34 heavy (non-hydrogen) atoms. The number of nitrogens with one attached hydrogen (secondary N) is 2. The van der Waals surface area contributed by atoms with Crippen molar-refractivity contribution in [3.05, 3.63) is 93.5 Å². The molecule has 170 valence electrons. The number of fused-ring (bicyclic) bond motifs is 1. The van der Waals surface area contributed by atoms with Crippen molar-refractivity contribution >= 4 is 33.1 Å². The van der Waals surface area contributed by atoms with Crippen LogP contribution in [0.5, 0.6) is 0 Å². The molecule has 8 heteroatoms. The molecule has 0 saturated heterocycles. The summed E-state index contributed by atoms with van der Waals surface area (Å²) in [5, 5.41) is 15.4. The lowest BCUT2D eigenvalue weighted by molar-refractivity contribution is -0.384. The summed E-state index contributed by atoms with van der Waals surface area (Å²) in [5.74, 6) is 1.57. The van der Waals surface area contributed by atoms with Crippen LogP contribution in [-0.2, 0) is 6.42 Å². The summed E-state index contributed by atoms with van der Waals surface area (Å²) >= 11 is 1.68.